The first-order valence-electron chi connectivity index (χ1n) is 10.8. The molecule has 2 aromatic heterocycles. The molecule has 0 fully saturated rings. The lowest BCUT2D eigenvalue weighted by Gasteiger charge is -2.13. The maximum atomic E-state index is 13.0. The molecule has 32 heavy (non-hydrogen) atoms. The fourth-order valence-corrected chi connectivity index (χ4v) is 3.92. The minimum absolute atomic E-state index is 0.106. The van der Waals surface area contributed by atoms with Crippen molar-refractivity contribution in [3.05, 3.63) is 88.0 Å². The van der Waals surface area contributed by atoms with E-state index < -0.39 is 0 Å². The van der Waals surface area contributed by atoms with E-state index in [9.17, 15) is 9.59 Å². The van der Waals surface area contributed by atoms with Crippen LogP contribution in [0, 0.1) is 13.8 Å². The molecule has 0 aliphatic rings. The maximum Gasteiger partial charge on any atom is 0.295 e. The van der Waals surface area contributed by atoms with E-state index >= 15 is 0 Å². The second-order valence-electron chi connectivity index (χ2n) is 8.04. The lowest BCUT2D eigenvalue weighted by molar-refractivity contribution is -0.121. The normalized spacial score (nSPS) is 12.1. The molecule has 2 heterocycles. The van der Waals surface area contributed by atoms with E-state index in [4.69, 9.17) is 0 Å². The van der Waals surface area contributed by atoms with Crippen LogP contribution in [0.5, 0.6) is 0 Å². The molecule has 1 atom stereocenters. The Bertz CT molecular complexity index is 1290. The fourth-order valence-electron chi connectivity index (χ4n) is 3.92. The van der Waals surface area contributed by atoms with Crippen LogP contribution >= 0.6 is 0 Å². The first-order chi connectivity index (χ1) is 15.5. The van der Waals surface area contributed by atoms with Crippen molar-refractivity contribution in [1.29, 1.82) is 0 Å². The molecule has 0 aliphatic carbocycles. The molecule has 1 N–H and O–H groups in total. The average molecular weight is 430 g/mol. The third kappa shape index (κ3) is 4.32. The third-order valence-electron chi connectivity index (χ3n) is 5.71. The number of aryl methyl sites for hydroxylation is 3. The number of para-hydroxylation sites is 1. The van der Waals surface area contributed by atoms with Crippen LogP contribution < -0.4 is 10.9 Å². The number of nitrogens with zero attached hydrogens (tertiary/aromatic N) is 4. The molecule has 0 saturated carbocycles. The average Bonchev–Trinajstić information content (AvgIpc) is 3.18. The summed E-state index contributed by atoms with van der Waals surface area (Å²) in [4.78, 5) is 25.4. The lowest BCUT2D eigenvalue weighted by atomic mass is 10.0. The number of aromatic nitrogens is 4. The number of benzene rings is 2. The van der Waals surface area contributed by atoms with Crippen molar-refractivity contribution in [2.45, 2.75) is 39.7 Å². The zero-order valence-electron chi connectivity index (χ0n) is 18.6. The first-order valence-corrected chi connectivity index (χ1v) is 10.8. The van der Waals surface area contributed by atoms with Crippen LogP contribution in [-0.2, 0) is 11.3 Å². The van der Waals surface area contributed by atoms with E-state index in [2.05, 4.69) is 34.6 Å². The predicted molar refractivity (Wildman–Crippen MR) is 125 cm³/mol. The molecule has 4 aromatic rings. The SMILES string of the molecule is Cc1nn(CCC(=O)NC[C@H](C)c2ccccc2)c(=O)c2nn(-c3ccccc3)c(C)c12. The van der Waals surface area contributed by atoms with E-state index in [-0.39, 0.29) is 30.3 Å². The van der Waals surface area contributed by atoms with Gasteiger partial charge in [0.2, 0.25) is 5.91 Å². The van der Waals surface area contributed by atoms with Crippen molar-refractivity contribution in [2.24, 2.45) is 0 Å². The zero-order valence-corrected chi connectivity index (χ0v) is 18.6. The Morgan fingerprint density at radius 3 is 2.34 bits per heavy atom. The molecule has 164 valence electrons. The number of fused-ring (bicyclic) bond motifs is 1. The van der Waals surface area contributed by atoms with Gasteiger partial charge in [-0.05, 0) is 37.5 Å². The molecule has 1 amide bonds. The summed E-state index contributed by atoms with van der Waals surface area (Å²) in [5.41, 5.74) is 3.74. The Kier molecular flexibility index (Phi) is 6.16. The Labute approximate surface area is 186 Å². The van der Waals surface area contributed by atoms with E-state index in [0.29, 0.717) is 12.1 Å². The highest BCUT2D eigenvalue weighted by Crippen LogP contribution is 2.21. The molecule has 0 bridgehead atoms. The van der Waals surface area contributed by atoms with E-state index in [1.54, 1.807) is 4.68 Å². The van der Waals surface area contributed by atoms with E-state index in [1.807, 2.05) is 62.4 Å². The molecule has 7 nitrogen and oxygen atoms in total. The Hall–Kier alpha value is -3.74. The fraction of sp³-hybridized carbons (Fsp3) is 0.280. The number of amides is 1. The lowest BCUT2D eigenvalue weighted by Crippen LogP contribution is -2.31. The van der Waals surface area contributed by atoms with Crippen molar-refractivity contribution in [3.8, 4) is 5.69 Å². The van der Waals surface area contributed by atoms with Gasteiger partial charge in [-0.1, -0.05) is 55.5 Å². The van der Waals surface area contributed by atoms with E-state index in [1.165, 1.54) is 10.2 Å². The second-order valence-corrected chi connectivity index (χ2v) is 8.04. The summed E-state index contributed by atoms with van der Waals surface area (Å²) in [6.07, 6.45) is 0.178. The third-order valence-corrected chi connectivity index (χ3v) is 5.71. The smallest absolute Gasteiger partial charge is 0.295 e. The Morgan fingerprint density at radius 1 is 1.00 bits per heavy atom. The molecule has 4 rings (SSSR count). The van der Waals surface area contributed by atoms with E-state index in [0.717, 1.165) is 22.5 Å². The standard InChI is InChI=1S/C25H27N5O2/c1-17(20-10-6-4-7-11-20)16-26-22(31)14-15-29-25(32)24-23(18(2)27-29)19(3)30(28-24)21-12-8-5-9-13-21/h4-13,17H,14-16H2,1-3H3,(H,26,31)/t17-/m0/s1. The van der Waals surface area contributed by atoms with Gasteiger partial charge in [-0.2, -0.15) is 10.2 Å². The first kappa shape index (κ1) is 21.5. The van der Waals surface area contributed by atoms with Gasteiger partial charge in [0.05, 0.1) is 29.0 Å². The summed E-state index contributed by atoms with van der Waals surface area (Å²) in [6.45, 7) is 6.62. The Morgan fingerprint density at radius 2 is 1.66 bits per heavy atom. The van der Waals surface area contributed by atoms with Crippen LogP contribution in [0.2, 0.25) is 0 Å². The molecule has 7 heteroatoms. The predicted octanol–water partition coefficient (Wildman–Crippen LogP) is 3.51. The minimum Gasteiger partial charge on any atom is -0.355 e. The number of rotatable bonds is 7. The maximum absolute atomic E-state index is 13.0. The number of hydrogen-bond donors (Lipinski definition) is 1. The van der Waals surface area contributed by atoms with Crippen molar-refractivity contribution in [2.75, 3.05) is 6.54 Å². The van der Waals surface area contributed by atoms with Crippen molar-refractivity contribution in [1.82, 2.24) is 24.9 Å². The van der Waals surface area contributed by atoms with Gasteiger partial charge in [-0.3, -0.25) is 9.59 Å². The number of hydrogen-bond acceptors (Lipinski definition) is 4. The van der Waals surface area contributed by atoms with Crippen LogP contribution in [0.25, 0.3) is 16.6 Å². The molecule has 0 aliphatic heterocycles. The summed E-state index contributed by atoms with van der Waals surface area (Å²) in [7, 11) is 0. The second kappa shape index (κ2) is 9.18. The molecule has 0 saturated heterocycles. The van der Waals surface area contributed by atoms with Gasteiger partial charge in [-0.25, -0.2) is 9.36 Å². The highest BCUT2D eigenvalue weighted by Gasteiger charge is 2.18. The van der Waals surface area contributed by atoms with Gasteiger partial charge in [0.15, 0.2) is 5.52 Å². The summed E-state index contributed by atoms with van der Waals surface area (Å²) < 4.78 is 3.11. The highest BCUT2D eigenvalue weighted by atomic mass is 16.2. The largest absolute Gasteiger partial charge is 0.355 e. The van der Waals surface area contributed by atoms with Crippen LogP contribution in [0.15, 0.2) is 65.5 Å². The van der Waals surface area contributed by atoms with Gasteiger partial charge < -0.3 is 5.32 Å². The number of carbonyl (C=O) groups is 1. The van der Waals surface area contributed by atoms with Gasteiger partial charge in [0, 0.05) is 13.0 Å². The molecule has 0 unspecified atom stereocenters. The van der Waals surface area contributed by atoms with Crippen LogP contribution in [-0.4, -0.2) is 32.0 Å². The highest BCUT2D eigenvalue weighted by molar-refractivity contribution is 5.83. The van der Waals surface area contributed by atoms with Crippen molar-refractivity contribution < 1.29 is 4.79 Å². The number of carbonyl (C=O) groups excluding carboxylic acids is 1. The van der Waals surface area contributed by atoms with Gasteiger partial charge in [0.1, 0.15) is 0 Å². The van der Waals surface area contributed by atoms with Gasteiger partial charge in [-0.15, -0.1) is 0 Å². The summed E-state index contributed by atoms with van der Waals surface area (Å²) in [5.74, 6) is 0.106. The minimum atomic E-state index is -0.283. The summed E-state index contributed by atoms with van der Waals surface area (Å²) in [5, 5.41) is 12.7. The molecule has 0 radical (unpaired) electrons. The van der Waals surface area contributed by atoms with Crippen molar-refractivity contribution in [3.63, 3.8) is 0 Å². The number of nitrogens with one attached hydrogen (secondary N) is 1. The zero-order chi connectivity index (χ0) is 22.7. The van der Waals surface area contributed by atoms with Crippen LogP contribution in [0.4, 0.5) is 0 Å². The molecular formula is C25H27N5O2. The van der Waals surface area contributed by atoms with Crippen molar-refractivity contribution >= 4 is 16.8 Å². The monoisotopic (exact) mass is 429 g/mol. The quantitative estimate of drug-likeness (QED) is 0.487. The topological polar surface area (TPSA) is 81.8 Å². The van der Waals surface area contributed by atoms with Gasteiger partial charge in [0.25, 0.3) is 5.56 Å². The summed E-state index contributed by atoms with van der Waals surface area (Å²) in [6, 6.07) is 19.8. The molecule has 2 aromatic carbocycles. The van der Waals surface area contributed by atoms with Crippen LogP contribution in [0.3, 0.4) is 0 Å². The summed E-state index contributed by atoms with van der Waals surface area (Å²) >= 11 is 0. The Balaban J connectivity index is 1.48. The van der Waals surface area contributed by atoms with Crippen LogP contribution in [0.1, 0.15) is 36.2 Å². The van der Waals surface area contributed by atoms with Gasteiger partial charge >= 0.3 is 0 Å². The molecule has 0 spiro atoms. The molecular weight excluding hydrogens is 402 g/mol.